The molecule has 1 unspecified atom stereocenters. The minimum atomic E-state index is -0.301. The van der Waals surface area contributed by atoms with Crippen molar-refractivity contribution in [3.05, 3.63) is 64.9 Å². The van der Waals surface area contributed by atoms with E-state index in [4.69, 9.17) is 16.3 Å². The second-order valence-electron chi connectivity index (χ2n) is 5.56. The van der Waals surface area contributed by atoms with E-state index in [1.807, 2.05) is 13.8 Å². The average molecular weight is 336 g/mol. The summed E-state index contributed by atoms with van der Waals surface area (Å²) in [6.07, 6.45) is 0. The number of carbonyl (C=O) groups is 1. The molecule has 0 aliphatic rings. The van der Waals surface area contributed by atoms with Gasteiger partial charge in [-0.15, -0.1) is 0 Å². The first-order valence-corrected chi connectivity index (χ1v) is 7.77. The molecule has 0 aliphatic heterocycles. The second kappa shape index (κ2) is 7.97. The van der Waals surface area contributed by atoms with Crippen LogP contribution in [0.4, 0.5) is 4.39 Å². The maximum absolute atomic E-state index is 13.0. The minimum absolute atomic E-state index is 0.131. The van der Waals surface area contributed by atoms with Gasteiger partial charge >= 0.3 is 0 Å². The summed E-state index contributed by atoms with van der Waals surface area (Å²) in [5.41, 5.74) is 0.854. The minimum Gasteiger partial charge on any atom is -0.482 e. The molecule has 1 atom stereocenters. The standard InChI is InChI=1S/C18H19ClFNO2/c1-12(2)18(13-7-9-14(20)10-8-13)21-17(22)11-23-16-6-4-3-5-15(16)19/h3-10,12,18H,11H2,1-2H3,(H,21,22). The van der Waals surface area contributed by atoms with Gasteiger partial charge in [0.25, 0.3) is 5.91 Å². The highest BCUT2D eigenvalue weighted by atomic mass is 35.5. The lowest BCUT2D eigenvalue weighted by Gasteiger charge is -2.23. The third-order valence-electron chi connectivity index (χ3n) is 3.41. The number of benzene rings is 2. The molecule has 0 saturated carbocycles. The smallest absolute Gasteiger partial charge is 0.258 e. The van der Waals surface area contributed by atoms with Gasteiger partial charge in [-0.3, -0.25) is 4.79 Å². The first-order chi connectivity index (χ1) is 11.0. The normalized spacial score (nSPS) is 12.0. The van der Waals surface area contributed by atoms with Gasteiger partial charge in [0, 0.05) is 0 Å². The lowest BCUT2D eigenvalue weighted by atomic mass is 9.96. The molecule has 0 fully saturated rings. The molecule has 2 rings (SSSR count). The van der Waals surface area contributed by atoms with E-state index in [2.05, 4.69) is 5.32 Å². The van der Waals surface area contributed by atoms with Crippen molar-refractivity contribution < 1.29 is 13.9 Å². The summed E-state index contributed by atoms with van der Waals surface area (Å²) >= 11 is 5.98. The summed E-state index contributed by atoms with van der Waals surface area (Å²) in [7, 11) is 0. The van der Waals surface area contributed by atoms with Crippen molar-refractivity contribution in [1.29, 1.82) is 0 Å². The van der Waals surface area contributed by atoms with Crippen molar-refractivity contribution >= 4 is 17.5 Å². The van der Waals surface area contributed by atoms with Crippen LogP contribution in [-0.2, 0) is 4.79 Å². The summed E-state index contributed by atoms with van der Waals surface area (Å²) in [6, 6.07) is 12.9. The molecule has 2 aromatic carbocycles. The number of hydrogen-bond acceptors (Lipinski definition) is 2. The maximum atomic E-state index is 13.0. The van der Waals surface area contributed by atoms with Crippen LogP contribution in [0.15, 0.2) is 48.5 Å². The first kappa shape index (κ1) is 17.3. The second-order valence-corrected chi connectivity index (χ2v) is 5.97. The van der Waals surface area contributed by atoms with Crippen LogP contribution in [0.5, 0.6) is 5.75 Å². The summed E-state index contributed by atoms with van der Waals surface area (Å²) in [5.74, 6) is 0.0644. The third-order valence-corrected chi connectivity index (χ3v) is 3.72. The molecule has 1 N–H and O–H groups in total. The molecular formula is C18H19ClFNO2. The number of carbonyl (C=O) groups excluding carboxylic acids is 1. The average Bonchev–Trinajstić information content (AvgIpc) is 2.52. The van der Waals surface area contributed by atoms with Gasteiger partial charge in [0.1, 0.15) is 11.6 Å². The highest BCUT2D eigenvalue weighted by Crippen LogP contribution is 2.24. The van der Waals surface area contributed by atoms with Crippen LogP contribution >= 0.6 is 11.6 Å². The van der Waals surface area contributed by atoms with Crippen molar-refractivity contribution in [2.75, 3.05) is 6.61 Å². The van der Waals surface area contributed by atoms with Gasteiger partial charge in [-0.25, -0.2) is 4.39 Å². The number of amides is 1. The Labute approximate surface area is 140 Å². The first-order valence-electron chi connectivity index (χ1n) is 7.39. The summed E-state index contributed by atoms with van der Waals surface area (Å²) in [5, 5.41) is 3.37. The Hall–Kier alpha value is -2.07. The van der Waals surface area contributed by atoms with E-state index in [9.17, 15) is 9.18 Å². The number of para-hydroxylation sites is 1. The Kier molecular flexibility index (Phi) is 5.99. The predicted octanol–water partition coefficient (Wildman–Crippen LogP) is 4.37. The van der Waals surface area contributed by atoms with E-state index in [1.165, 1.54) is 12.1 Å². The maximum Gasteiger partial charge on any atom is 0.258 e. The largest absolute Gasteiger partial charge is 0.482 e. The molecule has 0 aliphatic carbocycles. The molecule has 0 bridgehead atoms. The molecule has 0 spiro atoms. The summed E-state index contributed by atoms with van der Waals surface area (Å²) in [4.78, 5) is 12.1. The molecule has 23 heavy (non-hydrogen) atoms. The number of halogens is 2. The molecule has 0 aromatic heterocycles. The SMILES string of the molecule is CC(C)C(NC(=O)COc1ccccc1Cl)c1ccc(F)cc1. The Morgan fingerprint density at radius 1 is 1.17 bits per heavy atom. The topological polar surface area (TPSA) is 38.3 Å². The predicted molar refractivity (Wildman–Crippen MR) is 89.1 cm³/mol. The van der Waals surface area contributed by atoms with Crippen molar-refractivity contribution in [2.24, 2.45) is 5.92 Å². The van der Waals surface area contributed by atoms with E-state index in [0.29, 0.717) is 10.8 Å². The van der Waals surface area contributed by atoms with E-state index >= 15 is 0 Å². The molecular weight excluding hydrogens is 317 g/mol. The Bertz CT molecular complexity index is 658. The van der Waals surface area contributed by atoms with E-state index in [-0.39, 0.29) is 30.3 Å². The fourth-order valence-electron chi connectivity index (χ4n) is 2.23. The van der Waals surface area contributed by atoms with Gasteiger partial charge in [-0.1, -0.05) is 49.7 Å². The zero-order chi connectivity index (χ0) is 16.8. The molecule has 1 amide bonds. The van der Waals surface area contributed by atoms with Gasteiger partial charge in [0.2, 0.25) is 0 Å². The molecule has 0 radical (unpaired) electrons. The third kappa shape index (κ3) is 4.96. The van der Waals surface area contributed by atoms with Gasteiger partial charge in [-0.05, 0) is 35.7 Å². The van der Waals surface area contributed by atoms with Crippen molar-refractivity contribution in [2.45, 2.75) is 19.9 Å². The van der Waals surface area contributed by atoms with Crippen molar-refractivity contribution in [1.82, 2.24) is 5.32 Å². The fourth-order valence-corrected chi connectivity index (χ4v) is 2.42. The monoisotopic (exact) mass is 335 g/mol. The van der Waals surface area contributed by atoms with Crippen LogP contribution in [0.25, 0.3) is 0 Å². The molecule has 0 heterocycles. The highest BCUT2D eigenvalue weighted by molar-refractivity contribution is 6.32. The summed E-state index contributed by atoms with van der Waals surface area (Å²) < 4.78 is 18.5. The Morgan fingerprint density at radius 2 is 1.83 bits per heavy atom. The summed E-state index contributed by atoms with van der Waals surface area (Å²) in [6.45, 7) is 3.85. The van der Waals surface area contributed by atoms with Crippen LogP contribution in [0.3, 0.4) is 0 Å². The lowest BCUT2D eigenvalue weighted by Crippen LogP contribution is -2.35. The fraction of sp³-hybridized carbons (Fsp3) is 0.278. The highest BCUT2D eigenvalue weighted by Gasteiger charge is 2.18. The number of ether oxygens (including phenoxy) is 1. The quantitative estimate of drug-likeness (QED) is 0.851. The van der Waals surface area contributed by atoms with E-state index < -0.39 is 0 Å². The molecule has 122 valence electrons. The zero-order valence-corrected chi connectivity index (χ0v) is 13.8. The van der Waals surface area contributed by atoms with Crippen molar-refractivity contribution in [3.8, 4) is 5.75 Å². The molecule has 3 nitrogen and oxygen atoms in total. The van der Waals surface area contributed by atoms with E-state index in [0.717, 1.165) is 5.56 Å². The number of rotatable bonds is 6. The lowest BCUT2D eigenvalue weighted by molar-refractivity contribution is -0.124. The molecule has 2 aromatic rings. The molecule has 0 saturated heterocycles. The van der Waals surface area contributed by atoms with Crippen molar-refractivity contribution in [3.63, 3.8) is 0 Å². The molecule has 5 heteroatoms. The Balaban J connectivity index is 1.98. The zero-order valence-electron chi connectivity index (χ0n) is 13.1. The number of hydrogen-bond donors (Lipinski definition) is 1. The van der Waals surface area contributed by atoms with Gasteiger partial charge in [-0.2, -0.15) is 0 Å². The van der Waals surface area contributed by atoms with Gasteiger partial charge in [0.05, 0.1) is 11.1 Å². The van der Waals surface area contributed by atoms with Crippen LogP contribution < -0.4 is 10.1 Å². The van der Waals surface area contributed by atoms with Crippen LogP contribution in [0, 0.1) is 11.7 Å². The van der Waals surface area contributed by atoms with Crippen LogP contribution in [-0.4, -0.2) is 12.5 Å². The number of nitrogens with one attached hydrogen (secondary N) is 1. The van der Waals surface area contributed by atoms with Crippen LogP contribution in [0.2, 0.25) is 5.02 Å². The Morgan fingerprint density at radius 3 is 2.43 bits per heavy atom. The van der Waals surface area contributed by atoms with E-state index in [1.54, 1.807) is 36.4 Å². The van der Waals surface area contributed by atoms with Crippen LogP contribution in [0.1, 0.15) is 25.5 Å². The van der Waals surface area contributed by atoms with Gasteiger partial charge in [0.15, 0.2) is 6.61 Å². The van der Waals surface area contributed by atoms with Gasteiger partial charge < -0.3 is 10.1 Å².